The fourth-order valence-corrected chi connectivity index (χ4v) is 1.93. The molecule has 24 heavy (non-hydrogen) atoms. The molecule has 1 amide bonds. The van der Waals surface area contributed by atoms with Gasteiger partial charge in [-0.25, -0.2) is 4.79 Å². The minimum absolute atomic E-state index is 0.0709. The van der Waals surface area contributed by atoms with E-state index in [0.29, 0.717) is 11.3 Å². The van der Waals surface area contributed by atoms with E-state index >= 15 is 0 Å². The van der Waals surface area contributed by atoms with Crippen molar-refractivity contribution in [3.8, 4) is 12.1 Å². The van der Waals surface area contributed by atoms with Crippen molar-refractivity contribution in [2.24, 2.45) is 5.92 Å². The molecule has 0 saturated carbocycles. The van der Waals surface area contributed by atoms with Crippen molar-refractivity contribution in [1.29, 1.82) is 10.5 Å². The van der Waals surface area contributed by atoms with Crippen LogP contribution in [0.3, 0.4) is 0 Å². The molecule has 0 bridgehead atoms. The number of anilines is 1. The van der Waals surface area contributed by atoms with Crippen molar-refractivity contribution in [3.63, 3.8) is 0 Å². The number of carbonyl (C=O) groups excluding carboxylic acids is 1. The highest BCUT2D eigenvalue weighted by atomic mass is 16.4. The number of carboxylic acids is 1. The van der Waals surface area contributed by atoms with E-state index < -0.39 is 17.9 Å². The summed E-state index contributed by atoms with van der Waals surface area (Å²) in [7, 11) is 0. The lowest BCUT2D eigenvalue weighted by molar-refractivity contribution is -0.141. The van der Waals surface area contributed by atoms with Gasteiger partial charge < -0.3 is 15.7 Å². The number of nitrogens with one attached hydrogen (secondary N) is 2. The lowest BCUT2D eigenvalue weighted by Gasteiger charge is -2.16. The minimum atomic E-state index is -1.16. The highest BCUT2D eigenvalue weighted by Gasteiger charge is 2.22. The number of hydrogen-bond donors (Lipinski definition) is 3. The Balaban J connectivity index is 2.88. The highest BCUT2D eigenvalue weighted by molar-refractivity contribution is 5.99. The number of benzene rings is 1. The van der Waals surface area contributed by atoms with Gasteiger partial charge in [-0.3, -0.25) is 4.79 Å². The number of hydrogen-bond acceptors (Lipinski definition) is 5. The van der Waals surface area contributed by atoms with Crippen molar-refractivity contribution in [2.75, 3.05) is 5.32 Å². The molecule has 0 fully saturated rings. The molecule has 0 heterocycles. The summed E-state index contributed by atoms with van der Waals surface area (Å²) in [5.41, 5.74) is 0.518. The quantitative estimate of drug-likeness (QED) is 0.519. The molecule has 1 aromatic rings. The summed E-state index contributed by atoms with van der Waals surface area (Å²) in [6, 6.07) is 9.24. The van der Waals surface area contributed by atoms with Crippen LogP contribution in [0.2, 0.25) is 0 Å². The fraction of sp³-hybridized carbons (Fsp3) is 0.294. The molecule has 3 N–H and O–H groups in total. The van der Waals surface area contributed by atoms with Crippen molar-refractivity contribution >= 4 is 17.6 Å². The molecule has 1 rings (SSSR count). The summed E-state index contributed by atoms with van der Waals surface area (Å²) in [6.07, 6.45) is 1.41. The molecule has 0 radical (unpaired) electrons. The Hall–Kier alpha value is -3.32. The molecule has 0 aliphatic carbocycles. The van der Waals surface area contributed by atoms with E-state index in [1.54, 1.807) is 30.3 Å². The van der Waals surface area contributed by atoms with Gasteiger partial charge in [0.1, 0.15) is 23.8 Å². The van der Waals surface area contributed by atoms with E-state index in [4.69, 9.17) is 15.6 Å². The van der Waals surface area contributed by atoms with E-state index in [1.165, 1.54) is 0 Å². The van der Waals surface area contributed by atoms with Gasteiger partial charge in [-0.05, 0) is 24.5 Å². The Morgan fingerprint density at radius 3 is 2.50 bits per heavy atom. The molecule has 0 saturated heterocycles. The van der Waals surface area contributed by atoms with Crippen molar-refractivity contribution in [1.82, 2.24) is 5.32 Å². The van der Waals surface area contributed by atoms with Crippen LogP contribution in [0.5, 0.6) is 0 Å². The standard InChI is InChI=1S/C17H18N4O3/c1-11(2)7-15(17(23)24)21-16(22)13(9-19)10-20-14-6-4-3-5-12(14)8-18/h3-6,10-11,15,20H,7H2,1-2H3,(H,21,22)(H,23,24)/b13-10-. The van der Waals surface area contributed by atoms with Crippen LogP contribution in [-0.4, -0.2) is 23.0 Å². The summed E-state index contributed by atoms with van der Waals surface area (Å²) in [5.74, 6) is -1.87. The van der Waals surface area contributed by atoms with Crippen LogP contribution in [0, 0.1) is 28.6 Å². The molecule has 1 aromatic carbocycles. The molecule has 7 heteroatoms. The SMILES string of the molecule is CC(C)CC(NC(=O)/C(C#N)=C\Nc1ccccc1C#N)C(=O)O. The minimum Gasteiger partial charge on any atom is -0.480 e. The zero-order valence-electron chi connectivity index (χ0n) is 13.4. The average molecular weight is 326 g/mol. The van der Waals surface area contributed by atoms with Gasteiger partial charge in [-0.1, -0.05) is 26.0 Å². The number of nitrogens with zero attached hydrogens (tertiary/aromatic N) is 2. The van der Waals surface area contributed by atoms with Crippen LogP contribution in [0.25, 0.3) is 0 Å². The van der Waals surface area contributed by atoms with E-state index in [1.807, 2.05) is 19.9 Å². The Kier molecular flexibility index (Phi) is 6.99. The van der Waals surface area contributed by atoms with Crippen molar-refractivity contribution in [3.05, 3.63) is 41.6 Å². The molecule has 0 aliphatic rings. The molecule has 0 aromatic heterocycles. The number of rotatable bonds is 7. The monoisotopic (exact) mass is 326 g/mol. The third-order valence-electron chi connectivity index (χ3n) is 3.10. The van der Waals surface area contributed by atoms with E-state index in [2.05, 4.69) is 10.6 Å². The molecule has 124 valence electrons. The predicted molar refractivity (Wildman–Crippen MR) is 87.5 cm³/mol. The molecule has 1 atom stereocenters. The van der Waals surface area contributed by atoms with Gasteiger partial charge in [0.05, 0.1) is 11.3 Å². The van der Waals surface area contributed by atoms with Gasteiger partial charge in [-0.15, -0.1) is 0 Å². The smallest absolute Gasteiger partial charge is 0.326 e. The second-order valence-electron chi connectivity index (χ2n) is 5.47. The first-order valence-corrected chi connectivity index (χ1v) is 7.28. The summed E-state index contributed by atoms with van der Waals surface area (Å²) in [4.78, 5) is 23.3. The first kappa shape index (κ1) is 18.7. The molecular formula is C17H18N4O3. The fourth-order valence-electron chi connectivity index (χ4n) is 1.93. The van der Waals surface area contributed by atoms with Crippen molar-refractivity contribution < 1.29 is 14.7 Å². The van der Waals surface area contributed by atoms with Crippen LogP contribution in [0.4, 0.5) is 5.69 Å². The van der Waals surface area contributed by atoms with Crippen LogP contribution >= 0.6 is 0 Å². The second-order valence-corrected chi connectivity index (χ2v) is 5.47. The Morgan fingerprint density at radius 1 is 1.29 bits per heavy atom. The van der Waals surface area contributed by atoms with Crippen LogP contribution < -0.4 is 10.6 Å². The zero-order valence-corrected chi connectivity index (χ0v) is 13.4. The van der Waals surface area contributed by atoms with Crippen LogP contribution in [0.1, 0.15) is 25.8 Å². The Labute approximate surface area is 140 Å². The number of amides is 1. The maximum atomic E-state index is 12.1. The Morgan fingerprint density at radius 2 is 1.96 bits per heavy atom. The second kappa shape index (κ2) is 8.96. The molecule has 0 aliphatic heterocycles. The highest BCUT2D eigenvalue weighted by Crippen LogP contribution is 2.14. The Bertz CT molecular complexity index is 726. The van der Waals surface area contributed by atoms with Gasteiger partial charge in [0.2, 0.25) is 0 Å². The first-order chi connectivity index (χ1) is 11.4. The summed E-state index contributed by atoms with van der Waals surface area (Å²) >= 11 is 0. The number of nitriles is 2. The van der Waals surface area contributed by atoms with Gasteiger partial charge >= 0.3 is 5.97 Å². The summed E-state index contributed by atoms with van der Waals surface area (Å²) < 4.78 is 0. The maximum Gasteiger partial charge on any atom is 0.326 e. The summed E-state index contributed by atoms with van der Waals surface area (Å²) in [6.45, 7) is 3.67. The summed E-state index contributed by atoms with van der Waals surface area (Å²) in [5, 5.41) is 32.3. The maximum absolute atomic E-state index is 12.1. The lowest BCUT2D eigenvalue weighted by Crippen LogP contribution is -2.42. The van der Waals surface area contributed by atoms with E-state index in [9.17, 15) is 9.59 Å². The van der Waals surface area contributed by atoms with Gasteiger partial charge in [0.25, 0.3) is 5.91 Å². The number of carbonyl (C=O) groups is 2. The largest absolute Gasteiger partial charge is 0.480 e. The molecule has 0 spiro atoms. The third kappa shape index (κ3) is 5.47. The normalized spacial score (nSPS) is 12.0. The molecule has 1 unspecified atom stereocenters. The topological polar surface area (TPSA) is 126 Å². The molecule has 7 nitrogen and oxygen atoms in total. The number of para-hydroxylation sites is 1. The van der Waals surface area contributed by atoms with Gasteiger partial charge in [-0.2, -0.15) is 10.5 Å². The first-order valence-electron chi connectivity index (χ1n) is 7.28. The number of carboxylic acid groups (broad SMARTS) is 1. The third-order valence-corrected chi connectivity index (χ3v) is 3.10. The molecular weight excluding hydrogens is 308 g/mol. The number of aliphatic carboxylic acids is 1. The van der Waals surface area contributed by atoms with E-state index in [-0.39, 0.29) is 17.9 Å². The van der Waals surface area contributed by atoms with Crippen molar-refractivity contribution in [2.45, 2.75) is 26.3 Å². The zero-order chi connectivity index (χ0) is 18.1. The van der Waals surface area contributed by atoms with Gasteiger partial charge in [0.15, 0.2) is 0 Å². The lowest BCUT2D eigenvalue weighted by atomic mass is 10.0. The van der Waals surface area contributed by atoms with Crippen LogP contribution in [-0.2, 0) is 9.59 Å². The predicted octanol–water partition coefficient (Wildman–Crippen LogP) is 1.99. The average Bonchev–Trinajstić information content (AvgIpc) is 2.54. The van der Waals surface area contributed by atoms with Gasteiger partial charge in [0, 0.05) is 6.20 Å². The van der Waals surface area contributed by atoms with E-state index in [0.717, 1.165) is 6.20 Å². The van der Waals surface area contributed by atoms with Crippen LogP contribution in [0.15, 0.2) is 36.0 Å².